The third kappa shape index (κ3) is 4.21. The van der Waals surface area contributed by atoms with E-state index < -0.39 is 16.1 Å². The van der Waals surface area contributed by atoms with E-state index in [9.17, 15) is 0 Å². The van der Waals surface area contributed by atoms with Gasteiger partial charge < -0.3 is 0 Å². The zero-order valence-corrected chi connectivity index (χ0v) is 16.9. The van der Waals surface area contributed by atoms with Crippen LogP contribution in [0.3, 0.4) is 0 Å². The van der Waals surface area contributed by atoms with Crippen LogP contribution in [0.1, 0.15) is 11.1 Å². The molecule has 2 heteroatoms. The second kappa shape index (κ2) is 6.85. The molecule has 0 saturated heterocycles. The van der Waals surface area contributed by atoms with Crippen LogP contribution in [0.15, 0.2) is 61.7 Å². The Morgan fingerprint density at radius 1 is 0.652 bits per heavy atom. The fourth-order valence-corrected chi connectivity index (χ4v) is 16.1. The Balaban J connectivity index is 2.25. The van der Waals surface area contributed by atoms with Gasteiger partial charge in [0, 0.05) is 0 Å². The molecular formula is C21H28Si2. The van der Waals surface area contributed by atoms with Crippen molar-refractivity contribution in [3.63, 3.8) is 0 Å². The van der Waals surface area contributed by atoms with Crippen molar-refractivity contribution in [2.24, 2.45) is 0 Å². The summed E-state index contributed by atoms with van der Waals surface area (Å²) in [6.07, 6.45) is 3.83. The summed E-state index contributed by atoms with van der Waals surface area (Å²) >= 11 is 0. The van der Waals surface area contributed by atoms with Gasteiger partial charge in [-0.05, 0) is 11.1 Å². The second-order valence-corrected chi connectivity index (χ2v) is 17.7. The summed E-state index contributed by atoms with van der Waals surface area (Å²) in [7, 11) is -2.90. The molecule has 0 radical (unpaired) electrons. The maximum atomic E-state index is 3.85. The van der Waals surface area contributed by atoms with Crippen molar-refractivity contribution in [3.8, 4) is 0 Å². The molecule has 0 unspecified atom stereocenters. The number of rotatable bonds is 6. The van der Waals surface area contributed by atoms with Gasteiger partial charge in [-0.2, -0.15) is 0 Å². The van der Waals surface area contributed by atoms with Gasteiger partial charge >= 0.3 is 0 Å². The van der Waals surface area contributed by atoms with Gasteiger partial charge in [0.15, 0.2) is 0 Å². The van der Waals surface area contributed by atoms with Crippen molar-refractivity contribution < 1.29 is 0 Å². The molecule has 120 valence electrons. The van der Waals surface area contributed by atoms with Crippen LogP contribution in [-0.2, 0) is 0 Å². The van der Waals surface area contributed by atoms with E-state index in [4.69, 9.17) is 0 Å². The number of hydrogen-bond acceptors (Lipinski definition) is 0. The Morgan fingerprint density at radius 2 is 0.957 bits per heavy atom. The van der Waals surface area contributed by atoms with Crippen molar-refractivity contribution in [3.05, 3.63) is 72.8 Å². The van der Waals surface area contributed by atoms with Crippen LogP contribution >= 0.6 is 0 Å². The summed E-state index contributed by atoms with van der Waals surface area (Å²) in [5.74, 6) is 0. The molecule has 0 saturated carbocycles. The molecule has 0 aliphatic rings. The lowest BCUT2D eigenvalue weighted by atomic mass is 10.2. The lowest BCUT2D eigenvalue weighted by molar-refractivity contribution is 1.54. The van der Waals surface area contributed by atoms with Gasteiger partial charge in [-0.3, -0.25) is 0 Å². The van der Waals surface area contributed by atoms with Gasteiger partial charge in [-0.15, -0.1) is 0 Å². The van der Waals surface area contributed by atoms with E-state index in [0.717, 1.165) is 0 Å². The highest BCUT2D eigenvalue weighted by atomic mass is 28.4. The normalized spacial score (nSPS) is 12.0. The molecule has 0 aliphatic heterocycles. The molecule has 0 amide bonds. The van der Waals surface area contributed by atoms with E-state index in [-0.39, 0.29) is 0 Å². The molecule has 0 aliphatic carbocycles. The molecule has 2 rings (SSSR count). The van der Waals surface area contributed by atoms with E-state index in [1.54, 1.807) is 10.4 Å². The Morgan fingerprint density at radius 3 is 1.22 bits per heavy atom. The highest BCUT2D eigenvalue weighted by Gasteiger charge is 2.34. The van der Waals surface area contributed by atoms with Crippen LogP contribution in [0, 0.1) is 0 Å². The zero-order valence-electron chi connectivity index (χ0n) is 14.9. The maximum absolute atomic E-state index is 3.85. The molecular weight excluding hydrogens is 308 g/mol. The fraction of sp³-hybridized carbons (Fsp3) is 0.238. The van der Waals surface area contributed by atoms with Crippen molar-refractivity contribution in [2.75, 3.05) is 0 Å². The van der Waals surface area contributed by atoms with E-state index >= 15 is 0 Å². The third-order valence-corrected chi connectivity index (χ3v) is 15.6. The molecule has 0 nitrogen and oxygen atoms in total. The second-order valence-electron chi connectivity index (χ2n) is 7.60. The van der Waals surface area contributed by atoms with Crippen molar-refractivity contribution in [1.82, 2.24) is 0 Å². The molecule has 0 bridgehead atoms. The van der Waals surface area contributed by atoms with Crippen LogP contribution in [0.5, 0.6) is 0 Å². The van der Waals surface area contributed by atoms with E-state index in [1.807, 2.05) is 12.2 Å². The highest BCUT2D eigenvalue weighted by molar-refractivity contribution is 7.06. The molecule has 23 heavy (non-hydrogen) atoms. The fourth-order valence-electron chi connectivity index (χ4n) is 3.45. The summed E-state index contributed by atoms with van der Waals surface area (Å²) in [4.78, 5) is 0. The number of hydrogen-bond donors (Lipinski definition) is 0. The molecule has 2 aromatic carbocycles. The average molecular weight is 337 g/mol. The van der Waals surface area contributed by atoms with Gasteiger partial charge in [0.1, 0.15) is 0 Å². The molecule has 0 aromatic heterocycles. The first kappa shape index (κ1) is 17.7. The highest BCUT2D eigenvalue weighted by Crippen LogP contribution is 2.21. The average Bonchev–Trinajstić information content (AvgIpc) is 2.54. The molecule has 0 N–H and O–H groups in total. The molecule has 2 aromatic rings. The van der Waals surface area contributed by atoms with E-state index in [2.05, 4.69) is 87.9 Å². The van der Waals surface area contributed by atoms with Crippen LogP contribution in [0.4, 0.5) is 0 Å². The SMILES string of the molecule is C=Cc1ccc([Si](C)(C)C[Si](C)(C)c2ccc(C=C)cc2)cc1. The first-order chi connectivity index (χ1) is 10.8. The standard InChI is InChI=1S/C21H28Si2/c1-7-18-9-13-20(14-10-18)22(3,4)17-23(5,6)21-15-11-19(8-2)12-16-21/h7-16H,1-2,17H2,3-6H3. The van der Waals surface area contributed by atoms with Crippen LogP contribution in [0.2, 0.25) is 31.9 Å². The van der Waals surface area contributed by atoms with Gasteiger partial charge in [-0.1, -0.05) is 116 Å². The van der Waals surface area contributed by atoms with E-state index in [0.29, 0.717) is 0 Å². The first-order valence-corrected chi connectivity index (χ1v) is 14.7. The lowest BCUT2D eigenvalue weighted by Gasteiger charge is -2.33. The zero-order chi connectivity index (χ0) is 17.1. The minimum absolute atomic E-state index is 1.20. The quantitative estimate of drug-likeness (QED) is 0.648. The van der Waals surface area contributed by atoms with Crippen LogP contribution < -0.4 is 10.4 Å². The van der Waals surface area contributed by atoms with Crippen molar-refractivity contribution in [1.29, 1.82) is 0 Å². The van der Waals surface area contributed by atoms with Crippen molar-refractivity contribution in [2.45, 2.75) is 31.9 Å². The van der Waals surface area contributed by atoms with Crippen LogP contribution in [-0.4, -0.2) is 16.1 Å². The molecule has 0 heterocycles. The summed E-state index contributed by atoms with van der Waals surface area (Å²) < 4.78 is 0. The summed E-state index contributed by atoms with van der Waals surface area (Å²) in [5, 5.41) is 3.10. The lowest BCUT2D eigenvalue weighted by Crippen LogP contribution is -2.53. The first-order valence-electron chi connectivity index (χ1n) is 8.24. The Kier molecular flexibility index (Phi) is 5.27. The largest absolute Gasteiger partial charge is 0.0985 e. The summed E-state index contributed by atoms with van der Waals surface area (Å²) in [5.41, 5.74) is 3.77. The van der Waals surface area contributed by atoms with E-state index in [1.165, 1.54) is 16.8 Å². The molecule has 0 fully saturated rings. The molecule has 0 spiro atoms. The Hall–Kier alpha value is -1.65. The number of benzene rings is 2. The molecule has 0 atom stereocenters. The monoisotopic (exact) mass is 336 g/mol. The minimum Gasteiger partial charge on any atom is -0.0985 e. The predicted octanol–water partition coefficient (Wildman–Crippen LogP) is 5.04. The van der Waals surface area contributed by atoms with Gasteiger partial charge in [0.25, 0.3) is 0 Å². The Bertz CT molecular complexity index is 615. The summed E-state index contributed by atoms with van der Waals surface area (Å²) in [6.45, 7) is 17.7. The van der Waals surface area contributed by atoms with Gasteiger partial charge in [-0.25, -0.2) is 0 Å². The van der Waals surface area contributed by atoms with Gasteiger partial charge in [0.2, 0.25) is 0 Å². The topological polar surface area (TPSA) is 0 Å². The third-order valence-electron chi connectivity index (χ3n) is 4.74. The van der Waals surface area contributed by atoms with Crippen LogP contribution in [0.25, 0.3) is 12.2 Å². The smallest absolute Gasteiger partial charge is 0.0783 e. The van der Waals surface area contributed by atoms with Gasteiger partial charge in [0.05, 0.1) is 16.1 Å². The minimum atomic E-state index is -1.45. The Labute approximate surface area is 143 Å². The predicted molar refractivity (Wildman–Crippen MR) is 112 cm³/mol. The van der Waals surface area contributed by atoms with Crippen molar-refractivity contribution >= 4 is 38.7 Å². The summed E-state index contributed by atoms with van der Waals surface area (Å²) in [6, 6.07) is 18.1. The maximum Gasteiger partial charge on any atom is 0.0783 e.